The van der Waals surface area contributed by atoms with Gasteiger partial charge in [0.2, 0.25) is 5.78 Å². The van der Waals surface area contributed by atoms with Gasteiger partial charge < -0.3 is 9.72 Å². The molecule has 6 nitrogen and oxygen atoms in total. The normalized spacial score (nSPS) is 12.3. The van der Waals surface area contributed by atoms with Crippen LogP contribution in [0.1, 0.15) is 33.3 Å². The minimum atomic E-state index is -0.874. The number of ether oxygens (including phenoxy) is 1. The van der Waals surface area contributed by atoms with Crippen LogP contribution in [0.15, 0.2) is 36.7 Å². The maximum Gasteiger partial charge on any atom is 0.342 e. The summed E-state index contributed by atoms with van der Waals surface area (Å²) in [4.78, 5) is 27.8. The molecule has 0 saturated heterocycles. The summed E-state index contributed by atoms with van der Waals surface area (Å²) in [6, 6.07) is 7.50. The number of carbonyl (C=O) groups excluding carboxylic acids is 2. The van der Waals surface area contributed by atoms with Crippen molar-refractivity contribution in [2.45, 2.75) is 20.0 Å². The number of para-hydroxylation sites is 1. The molecule has 0 fully saturated rings. The average Bonchev–Trinajstić information content (AvgIpc) is 3.11. The van der Waals surface area contributed by atoms with E-state index in [1.54, 1.807) is 31.8 Å². The highest BCUT2D eigenvalue weighted by atomic mass is 16.5. The van der Waals surface area contributed by atoms with E-state index in [1.165, 1.54) is 6.20 Å². The Hall–Kier alpha value is -2.89. The second-order valence-corrected chi connectivity index (χ2v) is 5.43. The van der Waals surface area contributed by atoms with E-state index in [4.69, 9.17) is 4.74 Å². The molecule has 1 N–H and O–H groups in total. The number of carbonyl (C=O) groups is 2. The molecule has 3 aromatic rings. The molecule has 0 bridgehead atoms. The van der Waals surface area contributed by atoms with Crippen LogP contribution in [0, 0.1) is 6.92 Å². The Labute approximate surface area is 133 Å². The Morgan fingerprint density at radius 1 is 1.26 bits per heavy atom. The average molecular weight is 311 g/mol. The quantitative estimate of drug-likeness (QED) is 0.593. The van der Waals surface area contributed by atoms with Crippen LogP contribution in [0.25, 0.3) is 10.9 Å². The van der Waals surface area contributed by atoms with Gasteiger partial charge in [-0.15, -0.1) is 0 Å². The fraction of sp³-hybridized carbons (Fsp3) is 0.235. The van der Waals surface area contributed by atoms with Gasteiger partial charge in [-0.3, -0.25) is 9.48 Å². The van der Waals surface area contributed by atoms with Crippen molar-refractivity contribution in [3.8, 4) is 0 Å². The van der Waals surface area contributed by atoms with Gasteiger partial charge in [-0.25, -0.2) is 4.79 Å². The molecule has 3 rings (SSSR count). The van der Waals surface area contributed by atoms with Gasteiger partial charge in [-0.05, 0) is 19.9 Å². The van der Waals surface area contributed by atoms with E-state index in [-0.39, 0.29) is 5.78 Å². The molecule has 0 saturated carbocycles. The van der Waals surface area contributed by atoms with Crippen molar-refractivity contribution in [2.24, 2.45) is 7.05 Å². The van der Waals surface area contributed by atoms with Gasteiger partial charge in [0.15, 0.2) is 6.10 Å². The lowest BCUT2D eigenvalue weighted by Crippen LogP contribution is -2.24. The Morgan fingerprint density at radius 2 is 2.00 bits per heavy atom. The lowest BCUT2D eigenvalue weighted by molar-refractivity contribution is 0.0318. The minimum absolute atomic E-state index is 0.239. The van der Waals surface area contributed by atoms with Gasteiger partial charge in [0.25, 0.3) is 0 Å². The number of aryl methyl sites for hydroxylation is 1. The summed E-state index contributed by atoms with van der Waals surface area (Å²) in [5.74, 6) is -0.784. The van der Waals surface area contributed by atoms with Crippen LogP contribution < -0.4 is 0 Å². The predicted molar refractivity (Wildman–Crippen MR) is 85.5 cm³/mol. The number of esters is 1. The smallest absolute Gasteiger partial charge is 0.342 e. The first kappa shape index (κ1) is 15.0. The first-order valence-corrected chi connectivity index (χ1v) is 7.29. The molecule has 23 heavy (non-hydrogen) atoms. The van der Waals surface area contributed by atoms with Crippen LogP contribution in [-0.2, 0) is 11.8 Å². The summed E-state index contributed by atoms with van der Waals surface area (Å²) in [5, 5.41) is 4.82. The number of H-pyrrole nitrogens is 1. The number of aromatic nitrogens is 3. The number of benzene rings is 1. The van der Waals surface area contributed by atoms with E-state index >= 15 is 0 Å². The van der Waals surface area contributed by atoms with Crippen molar-refractivity contribution in [1.82, 2.24) is 14.8 Å². The van der Waals surface area contributed by atoms with Crippen LogP contribution in [0.2, 0.25) is 0 Å². The zero-order valence-corrected chi connectivity index (χ0v) is 13.2. The lowest BCUT2D eigenvalue weighted by atomic mass is 10.1. The van der Waals surface area contributed by atoms with Crippen LogP contribution in [0.5, 0.6) is 0 Å². The Bertz CT molecular complexity index is 892. The number of nitrogens with one attached hydrogen (secondary N) is 1. The van der Waals surface area contributed by atoms with Gasteiger partial charge in [-0.2, -0.15) is 5.10 Å². The minimum Gasteiger partial charge on any atom is -0.451 e. The molecular weight excluding hydrogens is 294 g/mol. The molecule has 1 aromatic carbocycles. The van der Waals surface area contributed by atoms with Crippen molar-refractivity contribution in [2.75, 3.05) is 0 Å². The van der Waals surface area contributed by atoms with Crippen LogP contribution in [0.4, 0.5) is 0 Å². The zero-order chi connectivity index (χ0) is 16.6. The summed E-state index contributed by atoms with van der Waals surface area (Å²) >= 11 is 0. The first-order chi connectivity index (χ1) is 11.0. The number of nitrogens with zero attached hydrogens (tertiary/aromatic N) is 2. The number of rotatable bonds is 4. The number of aromatic amines is 1. The highest BCUT2D eigenvalue weighted by Crippen LogP contribution is 2.20. The first-order valence-electron chi connectivity index (χ1n) is 7.29. The lowest BCUT2D eigenvalue weighted by Gasteiger charge is -2.11. The molecular formula is C17H17N3O3. The highest BCUT2D eigenvalue weighted by Gasteiger charge is 2.24. The van der Waals surface area contributed by atoms with E-state index in [2.05, 4.69) is 10.1 Å². The molecule has 1 atom stereocenters. The second kappa shape index (κ2) is 5.72. The monoisotopic (exact) mass is 311 g/mol. The number of Topliss-reactive ketones (excluding diaryl/α,β-unsaturated/α-hetero) is 1. The molecule has 0 aliphatic rings. The van der Waals surface area contributed by atoms with Crippen molar-refractivity contribution in [1.29, 1.82) is 0 Å². The Morgan fingerprint density at radius 3 is 2.70 bits per heavy atom. The second-order valence-electron chi connectivity index (χ2n) is 5.43. The van der Waals surface area contributed by atoms with E-state index in [0.29, 0.717) is 16.8 Å². The van der Waals surface area contributed by atoms with Crippen LogP contribution >= 0.6 is 0 Å². The molecule has 2 aromatic heterocycles. The third kappa shape index (κ3) is 2.63. The van der Waals surface area contributed by atoms with Crippen molar-refractivity contribution < 1.29 is 14.3 Å². The van der Waals surface area contributed by atoms with Gasteiger partial charge in [0, 0.05) is 35.4 Å². The third-order valence-electron chi connectivity index (χ3n) is 3.96. The maximum atomic E-state index is 12.6. The molecule has 0 aliphatic carbocycles. The topological polar surface area (TPSA) is 77.0 Å². The van der Waals surface area contributed by atoms with Gasteiger partial charge in [0.1, 0.15) is 5.56 Å². The number of ketones is 1. The van der Waals surface area contributed by atoms with E-state index < -0.39 is 12.1 Å². The van der Waals surface area contributed by atoms with Crippen LogP contribution in [0.3, 0.4) is 0 Å². The molecule has 0 amide bonds. The predicted octanol–water partition coefficient (Wildman–Crippen LogP) is 2.64. The van der Waals surface area contributed by atoms with Crippen molar-refractivity contribution >= 4 is 22.7 Å². The van der Waals surface area contributed by atoms with Crippen molar-refractivity contribution in [3.63, 3.8) is 0 Å². The fourth-order valence-electron chi connectivity index (χ4n) is 2.47. The number of hydrogen-bond donors (Lipinski definition) is 1. The van der Waals surface area contributed by atoms with Crippen LogP contribution in [-0.4, -0.2) is 32.6 Å². The van der Waals surface area contributed by atoms with Gasteiger partial charge in [-0.1, -0.05) is 18.2 Å². The summed E-state index contributed by atoms with van der Waals surface area (Å²) in [5.41, 5.74) is 2.45. The standard InChI is InChI=1S/C17H17N3O3/c1-10-13(9-19-20(10)3)17(22)23-11(2)16(21)14-8-18-15-7-5-4-6-12(14)15/h4-9,11,18H,1-3H3. The molecule has 0 radical (unpaired) electrons. The molecule has 0 aliphatic heterocycles. The number of hydrogen-bond acceptors (Lipinski definition) is 4. The van der Waals surface area contributed by atoms with E-state index in [0.717, 1.165) is 10.9 Å². The third-order valence-corrected chi connectivity index (χ3v) is 3.96. The van der Waals surface area contributed by atoms with Crippen molar-refractivity contribution in [3.05, 3.63) is 53.5 Å². The summed E-state index contributed by atoms with van der Waals surface area (Å²) in [6.45, 7) is 3.35. The summed E-state index contributed by atoms with van der Waals surface area (Å²) < 4.78 is 6.90. The maximum absolute atomic E-state index is 12.6. The largest absolute Gasteiger partial charge is 0.451 e. The molecule has 0 spiro atoms. The molecule has 6 heteroatoms. The fourth-order valence-corrected chi connectivity index (χ4v) is 2.47. The highest BCUT2D eigenvalue weighted by molar-refractivity contribution is 6.10. The van der Waals surface area contributed by atoms with E-state index in [1.807, 2.05) is 24.3 Å². The zero-order valence-electron chi connectivity index (χ0n) is 13.2. The summed E-state index contributed by atoms with van der Waals surface area (Å²) in [7, 11) is 1.74. The Balaban J connectivity index is 1.80. The van der Waals surface area contributed by atoms with Gasteiger partial charge >= 0.3 is 5.97 Å². The van der Waals surface area contributed by atoms with E-state index in [9.17, 15) is 9.59 Å². The number of fused-ring (bicyclic) bond motifs is 1. The van der Waals surface area contributed by atoms with Gasteiger partial charge in [0.05, 0.1) is 6.20 Å². The Kier molecular flexibility index (Phi) is 3.73. The SMILES string of the molecule is Cc1c(C(=O)OC(C)C(=O)c2c[nH]c3ccccc23)cnn1C. The molecule has 118 valence electrons. The summed E-state index contributed by atoms with van der Waals surface area (Å²) in [6.07, 6.45) is 2.22. The molecule has 2 heterocycles. The molecule has 1 unspecified atom stereocenters.